The van der Waals surface area contributed by atoms with Gasteiger partial charge in [0.25, 0.3) is 5.89 Å². The number of hydrogen-bond acceptors (Lipinski definition) is 6. The van der Waals surface area contributed by atoms with E-state index in [0.717, 1.165) is 11.3 Å². The van der Waals surface area contributed by atoms with Crippen LogP contribution in [0.15, 0.2) is 45.5 Å². The van der Waals surface area contributed by atoms with Gasteiger partial charge in [-0.15, -0.1) is 5.10 Å². The minimum Gasteiger partial charge on any atom is -0.494 e. The molecule has 0 aliphatic heterocycles. The average molecular weight is 330 g/mol. The van der Waals surface area contributed by atoms with E-state index in [4.69, 9.17) is 9.15 Å². The van der Waals surface area contributed by atoms with Crippen molar-refractivity contribution in [1.29, 1.82) is 0 Å². The zero-order valence-corrected chi connectivity index (χ0v) is 13.1. The summed E-state index contributed by atoms with van der Waals surface area (Å²) < 4.78 is 10.7. The van der Waals surface area contributed by atoms with Gasteiger partial charge in [-0.3, -0.25) is 5.32 Å². The lowest BCUT2D eigenvalue weighted by Gasteiger charge is -2.06. The number of amides is 2. The summed E-state index contributed by atoms with van der Waals surface area (Å²) in [6.07, 6.45) is 0. The molecular formula is C15H14N4O3S. The van der Waals surface area contributed by atoms with Gasteiger partial charge >= 0.3 is 12.0 Å². The second kappa shape index (κ2) is 6.93. The maximum atomic E-state index is 11.9. The van der Waals surface area contributed by atoms with Crippen LogP contribution < -0.4 is 15.4 Å². The number of urea groups is 1. The summed E-state index contributed by atoms with van der Waals surface area (Å²) in [5, 5.41) is 16.6. The SMILES string of the molecule is CCOc1ccc(NC(=O)Nc2nnc(-c3ccsc3)o2)cc1. The van der Waals surface area contributed by atoms with Gasteiger partial charge in [0.15, 0.2) is 0 Å². The van der Waals surface area contributed by atoms with Gasteiger partial charge in [0.1, 0.15) is 5.75 Å². The minimum absolute atomic E-state index is 0.0367. The van der Waals surface area contributed by atoms with E-state index in [9.17, 15) is 4.79 Å². The number of anilines is 2. The van der Waals surface area contributed by atoms with Crippen LogP contribution in [0.25, 0.3) is 11.5 Å². The number of carbonyl (C=O) groups is 1. The number of benzene rings is 1. The summed E-state index contributed by atoms with van der Waals surface area (Å²) >= 11 is 1.53. The Bertz CT molecular complexity index is 768. The summed E-state index contributed by atoms with van der Waals surface area (Å²) in [5.41, 5.74) is 1.45. The monoisotopic (exact) mass is 330 g/mol. The van der Waals surface area contributed by atoms with E-state index in [-0.39, 0.29) is 6.01 Å². The van der Waals surface area contributed by atoms with Crippen molar-refractivity contribution in [3.05, 3.63) is 41.1 Å². The first-order chi connectivity index (χ1) is 11.2. The van der Waals surface area contributed by atoms with Gasteiger partial charge in [-0.05, 0) is 42.6 Å². The molecule has 0 aliphatic rings. The predicted octanol–water partition coefficient (Wildman–Crippen LogP) is 3.84. The Kier molecular flexibility index (Phi) is 4.53. The first kappa shape index (κ1) is 15.0. The van der Waals surface area contributed by atoms with Crippen molar-refractivity contribution in [2.75, 3.05) is 17.2 Å². The molecule has 2 N–H and O–H groups in total. The molecule has 2 amide bonds. The lowest BCUT2D eigenvalue weighted by molar-refractivity contribution is 0.261. The molecule has 0 radical (unpaired) electrons. The number of ether oxygens (including phenoxy) is 1. The Morgan fingerprint density at radius 3 is 2.74 bits per heavy atom. The fourth-order valence-corrected chi connectivity index (χ4v) is 2.47. The molecule has 3 aromatic rings. The molecule has 2 heterocycles. The van der Waals surface area contributed by atoms with Crippen LogP contribution in [0, 0.1) is 0 Å². The van der Waals surface area contributed by atoms with Gasteiger partial charge in [0.05, 0.1) is 6.61 Å². The van der Waals surface area contributed by atoms with Crippen LogP contribution in [-0.4, -0.2) is 22.8 Å². The van der Waals surface area contributed by atoms with E-state index in [1.54, 1.807) is 24.3 Å². The third-order valence-electron chi connectivity index (χ3n) is 2.84. The lowest BCUT2D eigenvalue weighted by atomic mass is 10.3. The first-order valence-corrected chi connectivity index (χ1v) is 7.86. The molecule has 23 heavy (non-hydrogen) atoms. The molecule has 0 unspecified atom stereocenters. The number of rotatable bonds is 5. The van der Waals surface area contributed by atoms with Crippen molar-refractivity contribution in [2.45, 2.75) is 6.92 Å². The Hall–Kier alpha value is -2.87. The summed E-state index contributed by atoms with van der Waals surface area (Å²) in [6, 6.07) is 8.48. The molecule has 3 rings (SSSR count). The third kappa shape index (κ3) is 3.86. The van der Waals surface area contributed by atoms with Gasteiger partial charge in [-0.2, -0.15) is 11.3 Å². The molecule has 1 aromatic carbocycles. The number of hydrogen-bond donors (Lipinski definition) is 2. The highest BCUT2D eigenvalue weighted by atomic mass is 32.1. The number of aromatic nitrogens is 2. The summed E-state index contributed by atoms with van der Waals surface area (Å²) in [7, 11) is 0. The lowest BCUT2D eigenvalue weighted by Crippen LogP contribution is -2.19. The maximum Gasteiger partial charge on any atom is 0.327 e. The fraction of sp³-hybridized carbons (Fsp3) is 0.133. The van der Waals surface area contributed by atoms with E-state index >= 15 is 0 Å². The van der Waals surface area contributed by atoms with Crippen LogP contribution in [-0.2, 0) is 0 Å². The van der Waals surface area contributed by atoms with Crippen LogP contribution in [0.4, 0.5) is 16.5 Å². The zero-order chi connectivity index (χ0) is 16.1. The normalized spacial score (nSPS) is 10.3. The highest BCUT2D eigenvalue weighted by Gasteiger charge is 2.11. The largest absolute Gasteiger partial charge is 0.494 e. The molecule has 0 saturated carbocycles. The van der Waals surface area contributed by atoms with Crippen LogP contribution in [0.3, 0.4) is 0 Å². The van der Waals surface area contributed by atoms with Crippen molar-refractivity contribution in [3.8, 4) is 17.2 Å². The van der Waals surface area contributed by atoms with Crippen molar-refractivity contribution in [3.63, 3.8) is 0 Å². The number of nitrogens with one attached hydrogen (secondary N) is 2. The minimum atomic E-state index is -0.463. The van der Waals surface area contributed by atoms with E-state index in [1.165, 1.54) is 11.3 Å². The molecule has 7 nitrogen and oxygen atoms in total. The van der Waals surface area contributed by atoms with Crippen LogP contribution in [0.1, 0.15) is 6.92 Å². The molecule has 0 spiro atoms. The van der Waals surface area contributed by atoms with Crippen molar-refractivity contribution < 1.29 is 13.9 Å². The van der Waals surface area contributed by atoms with E-state index < -0.39 is 6.03 Å². The zero-order valence-electron chi connectivity index (χ0n) is 12.3. The Morgan fingerprint density at radius 1 is 1.22 bits per heavy atom. The van der Waals surface area contributed by atoms with E-state index in [0.29, 0.717) is 18.2 Å². The van der Waals surface area contributed by atoms with Gasteiger partial charge < -0.3 is 14.5 Å². The molecule has 0 atom stereocenters. The van der Waals surface area contributed by atoms with Crippen LogP contribution >= 0.6 is 11.3 Å². The fourth-order valence-electron chi connectivity index (χ4n) is 1.84. The second-order valence-corrected chi connectivity index (χ2v) is 5.24. The van der Waals surface area contributed by atoms with Gasteiger partial charge in [0, 0.05) is 16.6 Å². The van der Waals surface area contributed by atoms with E-state index in [2.05, 4.69) is 20.8 Å². The molecule has 118 valence electrons. The quantitative estimate of drug-likeness (QED) is 0.742. The predicted molar refractivity (Wildman–Crippen MR) is 87.9 cm³/mol. The standard InChI is InChI=1S/C15H14N4O3S/c1-2-21-12-5-3-11(4-6-12)16-14(20)17-15-19-18-13(22-15)10-7-8-23-9-10/h3-9H,2H2,1H3,(H2,16,17,19,20). The third-order valence-corrected chi connectivity index (χ3v) is 3.52. The summed E-state index contributed by atoms with van der Waals surface area (Å²) in [5.74, 6) is 1.11. The van der Waals surface area contributed by atoms with Crippen LogP contribution in [0.5, 0.6) is 5.75 Å². The average Bonchev–Trinajstić information content (AvgIpc) is 3.20. The topological polar surface area (TPSA) is 89.3 Å². The number of carbonyl (C=O) groups excluding carboxylic acids is 1. The number of thiophene rings is 1. The summed E-state index contributed by atoms with van der Waals surface area (Å²) in [6.45, 7) is 2.51. The molecule has 0 aliphatic carbocycles. The molecular weight excluding hydrogens is 316 g/mol. The van der Waals surface area contributed by atoms with Gasteiger partial charge in [-0.1, -0.05) is 5.10 Å². The molecule has 0 bridgehead atoms. The van der Waals surface area contributed by atoms with Gasteiger partial charge in [-0.25, -0.2) is 4.79 Å². The molecule has 8 heteroatoms. The maximum absolute atomic E-state index is 11.9. The van der Waals surface area contributed by atoms with Crippen LogP contribution in [0.2, 0.25) is 0 Å². The van der Waals surface area contributed by atoms with Crippen molar-refractivity contribution in [1.82, 2.24) is 10.2 Å². The number of nitrogens with zero attached hydrogens (tertiary/aromatic N) is 2. The smallest absolute Gasteiger partial charge is 0.327 e. The molecule has 0 saturated heterocycles. The molecule has 0 fully saturated rings. The Morgan fingerprint density at radius 2 is 2.04 bits per heavy atom. The summed E-state index contributed by atoms with van der Waals surface area (Å²) in [4.78, 5) is 11.9. The second-order valence-electron chi connectivity index (χ2n) is 4.46. The van der Waals surface area contributed by atoms with E-state index in [1.807, 2.05) is 23.8 Å². The van der Waals surface area contributed by atoms with Crippen molar-refractivity contribution in [2.24, 2.45) is 0 Å². The Balaban J connectivity index is 1.59. The molecule has 2 aromatic heterocycles. The highest BCUT2D eigenvalue weighted by Crippen LogP contribution is 2.22. The first-order valence-electron chi connectivity index (χ1n) is 6.91. The van der Waals surface area contributed by atoms with Gasteiger partial charge in [0.2, 0.25) is 0 Å². The van der Waals surface area contributed by atoms with Crippen molar-refractivity contribution >= 4 is 29.1 Å². The highest BCUT2D eigenvalue weighted by molar-refractivity contribution is 7.08. The Labute approximate surface area is 136 Å².